The van der Waals surface area contributed by atoms with Gasteiger partial charge in [0.2, 0.25) is 0 Å². The van der Waals surface area contributed by atoms with E-state index in [1.54, 1.807) is 18.3 Å². The number of nitrogens with one attached hydrogen (secondary N) is 1. The molecule has 3 atom stereocenters. The van der Waals surface area contributed by atoms with Crippen molar-refractivity contribution in [3.63, 3.8) is 0 Å². The summed E-state index contributed by atoms with van der Waals surface area (Å²) in [7, 11) is 0. The number of fused-ring (bicyclic) bond motifs is 1. The fourth-order valence-electron chi connectivity index (χ4n) is 5.63. The van der Waals surface area contributed by atoms with E-state index in [9.17, 15) is 14.0 Å². The standard InChI is InChI=1S/C26H30FN3O2/c1-26(21-5-3-6-22(27)13-21)14-19-12-20(15-28-24(19)29-26)25(32)30-11-10-17(16-30)8-9-18-4-2-7-23(18)31/h3,5-6,12-13,15,17-18H,2,4,7-11,14,16H2,1H3,(H,28,29)/t17-,18?,26+/m0/s1. The summed E-state index contributed by atoms with van der Waals surface area (Å²) in [5, 5.41) is 3.41. The first-order valence-corrected chi connectivity index (χ1v) is 11.8. The Bertz CT molecular complexity index is 1060. The number of halogens is 1. The number of rotatable bonds is 5. The van der Waals surface area contributed by atoms with Gasteiger partial charge < -0.3 is 10.2 Å². The zero-order valence-corrected chi connectivity index (χ0v) is 18.6. The highest BCUT2D eigenvalue weighted by Crippen LogP contribution is 2.38. The van der Waals surface area contributed by atoms with Crippen molar-refractivity contribution in [3.8, 4) is 0 Å². The second-order valence-electron chi connectivity index (χ2n) is 9.91. The molecule has 0 spiro atoms. The molecule has 2 fully saturated rings. The van der Waals surface area contributed by atoms with Gasteiger partial charge in [-0.2, -0.15) is 0 Å². The molecular weight excluding hydrogens is 405 g/mol. The van der Waals surface area contributed by atoms with Crippen molar-refractivity contribution in [1.82, 2.24) is 9.88 Å². The van der Waals surface area contributed by atoms with Crippen LogP contribution in [0.3, 0.4) is 0 Å². The first-order chi connectivity index (χ1) is 15.4. The first kappa shape index (κ1) is 21.1. The van der Waals surface area contributed by atoms with Gasteiger partial charge in [0.25, 0.3) is 5.91 Å². The molecule has 2 aromatic rings. The molecule has 1 saturated carbocycles. The molecule has 3 heterocycles. The molecule has 6 heteroatoms. The molecule has 2 aliphatic heterocycles. The lowest BCUT2D eigenvalue weighted by atomic mass is 9.89. The topological polar surface area (TPSA) is 62.3 Å². The maximum absolute atomic E-state index is 13.7. The van der Waals surface area contributed by atoms with Crippen LogP contribution in [0.5, 0.6) is 0 Å². The molecule has 0 radical (unpaired) electrons. The smallest absolute Gasteiger partial charge is 0.255 e. The van der Waals surface area contributed by atoms with Gasteiger partial charge in [-0.15, -0.1) is 0 Å². The van der Waals surface area contributed by atoms with Crippen molar-refractivity contribution in [2.75, 3.05) is 18.4 Å². The van der Waals surface area contributed by atoms with Gasteiger partial charge in [0.15, 0.2) is 0 Å². The molecule has 168 valence electrons. The highest BCUT2D eigenvalue weighted by Gasteiger charge is 2.36. The van der Waals surface area contributed by atoms with E-state index in [0.29, 0.717) is 23.7 Å². The summed E-state index contributed by atoms with van der Waals surface area (Å²) in [5.41, 5.74) is 2.01. The number of benzene rings is 1. The van der Waals surface area contributed by atoms with E-state index in [1.165, 1.54) is 6.07 Å². The highest BCUT2D eigenvalue weighted by atomic mass is 19.1. The van der Waals surface area contributed by atoms with Crippen molar-refractivity contribution < 1.29 is 14.0 Å². The van der Waals surface area contributed by atoms with Crippen molar-refractivity contribution in [1.29, 1.82) is 0 Å². The number of carbonyl (C=O) groups is 2. The Balaban J connectivity index is 1.23. The Kier molecular flexibility index (Phi) is 5.48. The van der Waals surface area contributed by atoms with Crippen LogP contribution in [0.15, 0.2) is 36.5 Å². The quantitative estimate of drug-likeness (QED) is 0.739. The summed E-state index contributed by atoms with van der Waals surface area (Å²) in [4.78, 5) is 31.5. The van der Waals surface area contributed by atoms with Gasteiger partial charge in [-0.1, -0.05) is 12.1 Å². The van der Waals surface area contributed by atoms with Crippen LogP contribution >= 0.6 is 0 Å². The van der Waals surface area contributed by atoms with Crippen LogP contribution in [-0.4, -0.2) is 34.7 Å². The Morgan fingerprint density at radius 2 is 2.16 bits per heavy atom. The largest absolute Gasteiger partial charge is 0.360 e. The number of likely N-dealkylation sites (tertiary alicyclic amines) is 1. The number of Topliss-reactive ketones (excluding diaryl/α,β-unsaturated/α-hetero) is 1. The second kappa shape index (κ2) is 8.30. The highest BCUT2D eigenvalue weighted by molar-refractivity contribution is 5.94. The molecule has 32 heavy (non-hydrogen) atoms. The summed E-state index contributed by atoms with van der Waals surface area (Å²) < 4.78 is 13.7. The number of nitrogens with zero attached hydrogens (tertiary/aromatic N) is 2. The van der Waals surface area contributed by atoms with Gasteiger partial charge in [-0.25, -0.2) is 9.37 Å². The minimum absolute atomic E-state index is 0.0269. The number of anilines is 1. The fourth-order valence-corrected chi connectivity index (χ4v) is 5.63. The lowest BCUT2D eigenvalue weighted by molar-refractivity contribution is -0.120. The summed E-state index contributed by atoms with van der Waals surface area (Å²) >= 11 is 0. The Labute approximate surface area is 188 Å². The van der Waals surface area contributed by atoms with E-state index in [1.807, 2.05) is 24.0 Å². The van der Waals surface area contributed by atoms with E-state index < -0.39 is 5.54 Å². The van der Waals surface area contributed by atoms with Crippen molar-refractivity contribution in [2.24, 2.45) is 11.8 Å². The van der Waals surface area contributed by atoms with Gasteiger partial charge in [0, 0.05) is 38.0 Å². The van der Waals surface area contributed by atoms with Crippen LogP contribution in [0, 0.1) is 17.7 Å². The molecule has 1 aromatic heterocycles. The third-order valence-corrected chi connectivity index (χ3v) is 7.54. The minimum atomic E-state index is -0.449. The number of ketones is 1. The lowest BCUT2D eigenvalue weighted by Crippen LogP contribution is -2.29. The molecule has 1 amide bonds. The number of carbonyl (C=O) groups excluding carboxylic acids is 2. The molecule has 1 aliphatic carbocycles. The Morgan fingerprint density at radius 3 is 2.94 bits per heavy atom. The predicted octanol–water partition coefficient (Wildman–Crippen LogP) is 4.72. The van der Waals surface area contributed by atoms with Crippen LogP contribution in [0.4, 0.5) is 10.2 Å². The van der Waals surface area contributed by atoms with Crippen LogP contribution in [0.1, 0.15) is 66.9 Å². The van der Waals surface area contributed by atoms with Crippen molar-refractivity contribution in [2.45, 2.75) is 57.4 Å². The van der Waals surface area contributed by atoms with Crippen LogP contribution in [0.25, 0.3) is 0 Å². The first-order valence-electron chi connectivity index (χ1n) is 11.8. The van der Waals surface area contributed by atoms with Crippen LogP contribution in [0.2, 0.25) is 0 Å². The number of hydrogen-bond acceptors (Lipinski definition) is 4. The summed E-state index contributed by atoms with van der Waals surface area (Å²) in [6.45, 7) is 3.56. The monoisotopic (exact) mass is 435 g/mol. The summed E-state index contributed by atoms with van der Waals surface area (Å²) in [6, 6.07) is 8.56. The molecule has 1 unspecified atom stereocenters. The average molecular weight is 436 g/mol. The number of amides is 1. The average Bonchev–Trinajstić information content (AvgIpc) is 3.49. The maximum atomic E-state index is 13.7. The zero-order valence-electron chi connectivity index (χ0n) is 18.6. The third-order valence-electron chi connectivity index (χ3n) is 7.54. The minimum Gasteiger partial charge on any atom is -0.360 e. The van der Waals surface area contributed by atoms with Crippen molar-refractivity contribution >= 4 is 17.5 Å². The van der Waals surface area contributed by atoms with E-state index in [4.69, 9.17) is 0 Å². The molecule has 5 rings (SSSR count). The van der Waals surface area contributed by atoms with Gasteiger partial charge in [0.1, 0.15) is 17.4 Å². The van der Waals surface area contributed by atoms with E-state index >= 15 is 0 Å². The number of aromatic nitrogens is 1. The normalized spacial score (nSPS) is 26.9. The van der Waals surface area contributed by atoms with E-state index in [0.717, 1.165) is 68.6 Å². The third kappa shape index (κ3) is 4.03. The maximum Gasteiger partial charge on any atom is 0.255 e. The van der Waals surface area contributed by atoms with Gasteiger partial charge in [0.05, 0.1) is 11.1 Å². The van der Waals surface area contributed by atoms with Crippen molar-refractivity contribution in [3.05, 3.63) is 59.0 Å². The van der Waals surface area contributed by atoms with E-state index in [2.05, 4.69) is 10.3 Å². The number of pyridine rings is 1. The predicted molar refractivity (Wildman–Crippen MR) is 121 cm³/mol. The van der Waals surface area contributed by atoms with Gasteiger partial charge >= 0.3 is 0 Å². The zero-order chi connectivity index (χ0) is 22.3. The second-order valence-corrected chi connectivity index (χ2v) is 9.91. The lowest BCUT2D eigenvalue weighted by Gasteiger charge is -2.25. The molecule has 3 aliphatic rings. The molecule has 5 nitrogen and oxygen atoms in total. The number of hydrogen-bond donors (Lipinski definition) is 1. The molecule has 1 saturated heterocycles. The SMILES string of the molecule is C[C@]1(c2cccc(F)c2)Cc2cc(C(=O)N3CC[C@H](CCC4CCCC4=O)C3)cnc2N1. The van der Waals surface area contributed by atoms with Crippen LogP contribution < -0.4 is 5.32 Å². The molecule has 1 N–H and O–H groups in total. The summed E-state index contributed by atoms with van der Waals surface area (Å²) in [5.74, 6) is 1.69. The van der Waals surface area contributed by atoms with E-state index in [-0.39, 0.29) is 17.6 Å². The molecule has 0 bridgehead atoms. The van der Waals surface area contributed by atoms with Crippen LogP contribution in [-0.2, 0) is 16.8 Å². The Hall–Kier alpha value is -2.76. The molecular formula is C26H30FN3O2. The van der Waals surface area contributed by atoms with Gasteiger partial charge in [-0.3, -0.25) is 9.59 Å². The summed E-state index contributed by atoms with van der Waals surface area (Å²) in [6.07, 6.45) is 8.13. The molecule has 1 aromatic carbocycles. The fraction of sp³-hybridized carbons (Fsp3) is 0.500. The Morgan fingerprint density at radius 1 is 1.28 bits per heavy atom. The van der Waals surface area contributed by atoms with Gasteiger partial charge in [-0.05, 0) is 74.3 Å².